The van der Waals surface area contributed by atoms with Gasteiger partial charge in [-0.1, -0.05) is 60.7 Å². The van der Waals surface area contributed by atoms with Gasteiger partial charge in [-0.15, -0.1) is 0 Å². The van der Waals surface area contributed by atoms with Crippen molar-refractivity contribution in [1.82, 2.24) is 0 Å². The lowest BCUT2D eigenvalue weighted by atomic mass is 10.1. The van der Waals surface area contributed by atoms with Crippen LogP contribution in [0.25, 0.3) is 0 Å². The van der Waals surface area contributed by atoms with Crippen LogP contribution in [0, 0.1) is 0 Å². The molecule has 5 nitrogen and oxygen atoms in total. The van der Waals surface area contributed by atoms with Crippen LogP contribution in [-0.4, -0.2) is 31.6 Å². The molecular formula is C19H18O5. The Labute approximate surface area is 140 Å². The molecule has 0 bridgehead atoms. The molecule has 24 heavy (non-hydrogen) atoms. The van der Waals surface area contributed by atoms with Gasteiger partial charge in [-0.05, 0) is 11.1 Å². The van der Waals surface area contributed by atoms with Gasteiger partial charge in [-0.2, -0.15) is 0 Å². The third-order valence-corrected chi connectivity index (χ3v) is 4.15. The van der Waals surface area contributed by atoms with E-state index in [1.807, 2.05) is 60.7 Å². The second-order valence-corrected chi connectivity index (χ2v) is 5.88. The zero-order valence-corrected chi connectivity index (χ0v) is 13.0. The van der Waals surface area contributed by atoms with Crippen LogP contribution in [0.1, 0.15) is 23.3 Å². The fourth-order valence-electron chi connectivity index (χ4n) is 2.75. The molecular weight excluding hydrogens is 308 g/mol. The molecule has 0 saturated carbocycles. The topological polar surface area (TPSA) is 60.6 Å². The van der Waals surface area contributed by atoms with Crippen molar-refractivity contribution in [2.75, 3.05) is 13.2 Å². The summed E-state index contributed by atoms with van der Waals surface area (Å²) in [5.41, 5.74) is 2.19. The average molecular weight is 326 g/mol. The highest BCUT2D eigenvalue weighted by atomic mass is 16.7. The quantitative estimate of drug-likeness (QED) is 0.601. The summed E-state index contributed by atoms with van der Waals surface area (Å²) in [5, 5.41) is 0. The second kappa shape index (κ2) is 6.63. The molecule has 4 rings (SSSR count). The minimum atomic E-state index is -0.681. The number of ether oxygens (including phenoxy) is 4. The molecule has 0 aliphatic carbocycles. The van der Waals surface area contributed by atoms with Crippen LogP contribution < -0.4 is 0 Å². The van der Waals surface area contributed by atoms with E-state index < -0.39 is 6.16 Å². The highest BCUT2D eigenvalue weighted by molar-refractivity contribution is 5.60. The summed E-state index contributed by atoms with van der Waals surface area (Å²) >= 11 is 0. The Kier molecular flexibility index (Phi) is 4.19. The fraction of sp³-hybridized carbons (Fsp3) is 0.316. The zero-order chi connectivity index (χ0) is 16.4. The van der Waals surface area contributed by atoms with Crippen LogP contribution in [0.15, 0.2) is 60.7 Å². The molecule has 0 N–H and O–H groups in total. The van der Waals surface area contributed by atoms with Gasteiger partial charge in [0.05, 0.1) is 0 Å². The van der Waals surface area contributed by atoms with E-state index in [0.29, 0.717) is 0 Å². The van der Waals surface area contributed by atoms with Gasteiger partial charge < -0.3 is 18.9 Å². The predicted molar refractivity (Wildman–Crippen MR) is 85.4 cm³/mol. The Balaban J connectivity index is 1.14. The summed E-state index contributed by atoms with van der Waals surface area (Å²) < 4.78 is 21.2. The number of benzene rings is 2. The summed E-state index contributed by atoms with van der Waals surface area (Å²) in [6.45, 7) is 0.401. The van der Waals surface area contributed by atoms with Gasteiger partial charge in [-0.3, -0.25) is 0 Å². The van der Waals surface area contributed by atoms with Gasteiger partial charge in [0.1, 0.15) is 37.6 Å². The van der Waals surface area contributed by atoms with Gasteiger partial charge in [0, 0.05) is 0 Å². The largest absolute Gasteiger partial charge is 0.508 e. The summed E-state index contributed by atoms with van der Waals surface area (Å²) in [6.07, 6.45) is -0.843. The lowest BCUT2D eigenvalue weighted by molar-refractivity contribution is 0.0460. The first-order valence-electron chi connectivity index (χ1n) is 8.01. The number of carbonyl (C=O) groups excluding carboxylic acids is 1. The maximum Gasteiger partial charge on any atom is 0.508 e. The van der Waals surface area contributed by atoms with E-state index in [0.717, 1.165) is 11.1 Å². The molecule has 2 heterocycles. The van der Waals surface area contributed by atoms with Crippen molar-refractivity contribution in [2.24, 2.45) is 0 Å². The van der Waals surface area contributed by atoms with Crippen molar-refractivity contribution in [3.05, 3.63) is 71.8 Å². The van der Waals surface area contributed by atoms with Crippen LogP contribution >= 0.6 is 0 Å². The van der Waals surface area contributed by atoms with Crippen LogP contribution in [0.3, 0.4) is 0 Å². The van der Waals surface area contributed by atoms with Crippen molar-refractivity contribution in [2.45, 2.75) is 24.4 Å². The second-order valence-electron chi connectivity index (χ2n) is 5.88. The highest BCUT2D eigenvalue weighted by Crippen LogP contribution is 2.39. The van der Waals surface area contributed by atoms with E-state index in [-0.39, 0.29) is 37.6 Å². The van der Waals surface area contributed by atoms with E-state index >= 15 is 0 Å². The maximum atomic E-state index is 11.6. The van der Waals surface area contributed by atoms with Gasteiger partial charge in [0.15, 0.2) is 0 Å². The summed E-state index contributed by atoms with van der Waals surface area (Å²) in [5.74, 6) is 0. The lowest BCUT2D eigenvalue weighted by Crippen LogP contribution is -2.15. The van der Waals surface area contributed by atoms with Crippen molar-refractivity contribution in [3.8, 4) is 0 Å². The molecule has 4 unspecified atom stereocenters. The fourth-order valence-corrected chi connectivity index (χ4v) is 2.75. The number of hydrogen-bond donors (Lipinski definition) is 0. The molecule has 2 aromatic rings. The molecule has 2 aliphatic rings. The smallest absolute Gasteiger partial charge is 0.431 e. The Morgan fingerprint density at radius 3 is 1.58 bits per heavy atom. The number of hydrogen-bond acceptors (Lipinski definition) is 5. The number of epoxide rings is 2. The van der Waals surface area contributed by atoms with E-state index in [1.165, 1.54) is 0 Å². The van der Waals surface area contributed by atoms with Crippen molar-refractivity contribution in [3.63, 3.8) is 0 Å². The van der Waals surface area contributed by atoms with E-state index in [4.69, 9.17) is 18.9 Å². The third kappa shape index (κ3) is 3.58. The minimum Gasteiger partial charge on any atom is -0.431 e. The molecule has 2 aromatic carbocycles. The molecule has 0 amide bonds. The molecule has 0 radical (unpaired) electrons. The van der Waals surface area contributed by atoms with Gasteiger partial charge in [-0.25, -0.2) is 4.79 Å². The summed E-state index contributed by atoms with van der Waals surface area (Å²) in [7, 11) is 0. The molecule has 4 atom stereocenters. The summed E-state index contributed by atoms with van der Waals surface area (Å²) in [4.78, 5) is 11.6. The minimum absolute atomic E-state index is 0.00762. The first-order valence-corrected chi connectivity index (χ1v) is 8.01. The van der Waals surface area contributed by atoms with Gasteiger partial charge in [0.2, 0.25) is 0 Å². The first kappa shape index (κ1) is 15.2. The van der Waals surface area contributed by atoms with E-state index in [9.17, 15) is 4.79 Å². The highest BCUT2D eigenvalue weighted by Gasteiger charge is 2.42. The molecule has 2 fully saturated rings. The zero-order valence-electron chi connectivity index (χ0n) is 13.0. The van der Waals surface area contributed by atoms with E-state index in [1.54, 1.807) is 0 Å². The molecule has 2 saturated heterocycles. The molecule has 0 spiro atoms. The third-order valence-electron chi connectivity index (χ3n) is 4.15. The van der Waals surface area contributed by atoms with Crippen LogP contribution in [0.4, 0.5) is 4.79 Å². The summed E-state index contributed by atoms with van der Waals surface area (Å²) in [6, 6.07) is 19.7. The van der Waals surface area contributed by atoms with Crippen molar-refractivity contribution >= 4 is 6.16 Å². The number of rotatable bonds is 6. The Bertz CT molecular complexity index is 628. The Morgan fingerprint density at radius 2 is 1.17 bits per heavy atom. The van der Waals surface area contributed by atoms with Gasteiger partial charge >= 0.3 is 6.16 Å². The Hall–Kier alpha value is -2.37. The molecule has 2 aliphatic heterocycles. The number of carbonyl (C=O) groups is 1. The van der Waals surface area contributed by atoms with Crippen molar-refractivity contribution < 1.29 is 23.7 Å². The van der Waals surface area contributed by atoms with Crippen LogP contribution in [0.5, 0.6) is 0 Å². The van der Waals surface area contributed by atoms with Gasteiger partial charge in [0.25, 0.3) is 0 Å². The normalized spacial score (nSPS) is 27.3. The molecule has 0 aromatic heterocycles. The first-order chi connectivity index (χ1) is 11.8. The van der Waals surface area contributed by atoms with Crippen LogP contribution in [-0.2, 0) is 18.9 Å². The average Bonchev–Trinajstić information content (AvgIpc) is 3.54. The lowest BCUT2D eigenvalue weighted by Gasteiger charge is -2.03. The Morgan fingerprint density at radius 1 is 0.750 bits per heavy atom. The van der Waals surface area contributed by atoms with E-state index in [2.05, 4.69) is 0 Å². The standard InChI is InChI=1S/C19H18O5/c20-19(21-11-15-17(23-15)13-7-3-1-4-8-13)22-12-16-18(24-16)14-9-5-2-6-10-14/h1-10,15-18H,11-12H2. The maximum absolute atomic E-state index is 11.6. The monoisotopic (exact) mass is 326 g/mol. The SMILES string of the molecule is O=C(OCC1OC1c1ccccc1)OCC1OC1c1ccccc1. The predicted octanol–water partition coefficient (Wildman–Crippen LogP) is 3.42. The molecule has 124 valence electrons. The van der Waals surface area contributed by atoms with Crippen LogP contribution in [0.2, 0.25) is 0 Å². The molecule has 5 heteroatoms. The van der Waals surface area contributed by atoms with Crippen molar-refractivity contribution in [1.29, 1.82) is 0 Å².